The maximum Gasteiger partial charge on any atom is 0.207 e. The van der Waals surface area contributed by atoms with Crippen molar-refractivity contribution in [1.29, 1.82) is 0 Å². The van der Waals surface area contributed by atoms with Gasteiger partial charge in [0.05, 0.1) is 0 Å². The first kappa shape index (κ1) is 14.7. The lowest BCUT2D eigenvalue weighted by molar-refractivity contribution is -0.124. The molecule has 0 heterocycles. The fourth-order valence-electron chi connectivity index (χ4n) is 2.22. The van der Waals surface area contributed by atoms with Crippen LogP contribution in [0.2, 0.25) is 0 Å². The molecule has 20 heavy (non-hydrogen) atoms. The minimum Gasteiger partial charge on any atom is -0.480 e. The van der Waals surface area contributed by atoms with E-state index in [1.54, 1.807) is 0 Å². The molecule has 0 radical (unpaired) electrons. The Hall–Kier alpha value is -1.66. The van der Waals surface area contributed by atoms with E-state index in [-0.39, 0.29) is 5.92 Å². The molecule has 0 aromatic heterocycles. The lowest BCUT2D eigenvalue weighted by Gasteiger charge is -2.12. The van der Waals surface area contributed by atoms with Crippen LogP contribution in [0.4, 0.5) is 22.0 Å². The van der Waals surface area contributed by atoms with E-state index >= 15 is 0 Å². The molecule has 1 fully saturated rings. The molecule has 2 nitrogen and oxygen atoms in total. The summed E-state index contributed by atoms with van der Waals surface area (Å²) in [4.78, 5) is 11.6. The first-order chi connectivity index (χ1) is 9.43. The lowest BCUT2D eigenvalue weighted by Crippen LogP contribution is -2.20. The van der Waals surface area contributed by atoms with Gasteiger partial charge in [0.2, 0.25) is 29.1 Å². The predicted octanol–water partition coefficient (Wildman–Crippen LogP) is 3.52. The maximum absolute atomic E-state index is 13.3. The quantitative estimate of drug-likeness (QED) is 0.482. The topological polar surface area (TPSA) is 26.3 Å². The highest BCUT2D eigenvalue weighted by Gasteiger charge is 2.29. The minimum absolute atomic E-state index is 0.267. The number of carbonyl (C=O) groups is 1. The van der Waals surface area contributed by atoms with Crippen LogP contribution in [-0.2, 0) is 4.79 Å². The summed E-state index contributed by atoms with van der Waals surface area (Å²) in [5, 5.41) is 0. The van der Waals surface area contributed by atoms with Crippen molar-refractivity contribution in [3.63, 3.8) is 0 Å². The van der Waals surface area contributed by atoms with Crippen LogP contribution in [0.15, 0.2) is 0 Å². The van der Waals surface area contributed by atoms with Crippen molar-refractivity contribution in [2.45, 2.75) is 25.7 Å². The van der Waals surface area contributed by atoms with Crippen molar-refractivity contribution < 1.29 is 31.5 Å². The van der Waals surface area contributed by atoms with Gasteiger partial charge in [0.15, 0.2) is 11.5 Å². The fourth-order valence-corrected chi connectivity index (χ4v) is 2.22. The predicted molar refractivity (Wildman–Crippen MR) is 58.7 cm³/mol. The third kappa shape index (κ3) is 2.62. The summed E-state index contributed by atoms with van der Waals surface area (Å²) in [6.07, 6.45) is 3.05. The zero-order chi connectivity index (χ0) is 14.9. The molecule has 0 atom stereocenters. The average Bonchev–Trinajstić information content (AvgIpc) is 2.97. The molecule has 1 aromatic carbocycles. The molecular formula is C13H11F5O2. The molecular weight excluding hydrogens is 283 g/mol. The molecule has 0 N–H and O–H groups in total. The molecule has 0 saturated heterocycles. The van der Waals surface area contributed by atoms with Crippen LogP contribution in [-0.4, -0.2) is 12.4 Å². The van der Waals surface area contributed by atoms with E-state index in [4.69, 9.17) is 0 Å². The third-order valence-corrected chi connectivity index (χ3v) is 3.34. The SMILES string of the molecule is O=C(COc1c(F)c(F)c(F)c(F)c1F)C1CCCC1. The Morgan fingerprint density at radius 3 is 1.85 bits per heavy atom. The molecule has 0 amide bonds. The summed E-state index contributed by atoms with van der Waals surface area (Å²) >= 11 is 0. The van der Waals surface area contributed by atoms with Crippen molar-refractivity contribution >= 4 is 5.78 Å². The summed E-state index contributed by atoms with van der Waals surface area (Å²) in [5.74, 6) is -12.6. The molecule has 1 saturated carbocycles. The number of ketones is 1. The molecule has 110 valence electrons. The van der Waals surface area contributed by atoms with Crippen LogP contribution in [0.25, 0.3) is 0 Å². The Balaban J connectivity index is 2.15. The van der Waals surface area contributed by atoms with Crippen LogP contribution in [0.5, 0.6) is 5.75 Å². The number of hydrogen-bond acceptors (Lipinski definition) is 2. The van der Waals surface area contributed by atoms with E-state index < -0.39 is 47.2 Å². The fraction of sp³-hybridized carbons (Fsp3) is 0.462. The highest BCUT2D eigenvalue weighted by atomic mass is 19.2. The summed E-state index contributed by atoms with van der Waals surface area (Å²) in [6.45, 7) is -0.705. The Bertz CT molecular complexity index is 509. The first-order valence-corrected chi connectivity index (χ1v) is 6.10. The molecule has 0 unspecified atom stereocenters. The van der Waals surface area contributed by atoms with Crippen LogP contribution in [0, 0.1) is 35.0 Å². The Morgan fingerprint density at radius 2 is 1.35 bits per heavy atom. The van der Waals surface area contributed by atoms with Gasteiger partial charge in [0, 0.05) is 5.92 Å². The standard InChI is InChI=1S/C13H11F5O2/c14-8-9(15)11(17)13(12(18)10(8)16)20-5-7(19)6-3-1-2-4-6/h6H,1-5H2. The van der Waals surface area contributed by atoms with Gasteiger partial charge in [-0.3, -0.25) is 4.79 Å². The second-order valence-corrected chi connectivity index (χ2v) is 4.64. The van der Waals surface area contributed by atoms with Gasteiger partial charge in [-0.15, -0.1) is 0 Å². The largest absolute Gasteiger partial charge is 0.480 e. The Kier molecular flexibility index (Phi) is 4.25. The Labute approximate surface area is 111 Å². The van der Waals surface area contributed by atoms with Gasteiger partial charge < -0.3 is 4.74 Å². The third-order valence-electron chi connectivity index (χ3n) is 3.34. The van der Waals surface area contributed by atoms with Gasteiger partial charge in [-0.1, -0.05) is 12.8 Å². The number of rotatable bonds is 4. The van der Waals surface area contributed by atoms with Gasteiger partial charge in [-0.25, -0.2) is 13.2 Å². The van der Waals surface area contributed by atoms with Gasteiger partial charge >= 0.3 is 0 Å². The van der Waals surface area contributed by atoms with E-state index in [0.29, 0.717) is 12.8 Å². The highest BCUT2D eigenvalue weighted by molar-refractivity contribution is 5.82. The zero-order valence-electron chi connectivity index (χ0n) is 10.3. The van der Waals surface area contributed by atoms with Crippen molar-refractivity contribution in [3.05, 3.63) is 29.1 Å². The molecule has 1 aliphatic rings. The normalized spacial score (nSPS) is 15.7. The highest BCUT2D eigenvalue weighted by Crippen LogP contribution is 2.30. The number of ether oxygens (including phenoxy) is 1. The number of hydrogen-bond donors (Lipinski definition) is 0. The molecule has 0 aliphatic heterocycles. The molecule has 2 rings (SSSR count). The van der Waals surface area contributed by atoms with Crippen LogP contribution < -0.4 is 4.74 Å². The van der Waals surface area contributed by atoms with E-state index in [2.05, 4.69) is 4.74 Å². The summed E-state index contributed by atoms with van der Waals surface area (Å²) in [7, 11) is 0. The molecule has 1 aliphatic carbocycles. The van der Waals surface area contributed by atoms with Crippen LogP contribution in [0.3, 0.4) is 0 Å². The molecule has 1 aromatic rings. The summed E-state index contributed by atoms with van der Waals surface area (Å²) in [5.41, 5.74) is 0. The van der Waals surface area contributed by atoms with Crippen LogP contribution >= 0.6 is 0 Å². The second-order valence-electron chi connectivity index (χ2n) is 4.64. The number of carbonyl (C=O) groups excluding carboxylic acids is 1. The van der Waals surface area contributed by atoms with Crippen molar-refractivity contribution in [2.24, 2.45) is 5.92 Å². The van der Waals surface area contributed by atoms with Crippen LogP contribution in [0.1, 0.15) is 25.7 Å². The monoisotopic (exact) mass is 294 g/mol. The summed E-state index contributed by atoms with van der Waals surface area (Å²) in [6, 6.07) is 0. The number of benzene rings is 1. The second kappa shape index (κ2) is 5.76. The molecule has 7 heteroatoms. The van der Waals surface area contributed by atoms with Gasteiger partial charge in [0.1, 0.15) is 6.61 Å². The zero-order valence-corrected chi connectivity index (χ0v) is 10.3. The average molecular weight is 294 g/mol. The first-order valence-electron chi connectivity index (χ1n) is 6.10. The van der Waals surface area contributed by atoms with E-state index in [9.17, 15) is 26.7 Å². The lowest BCUT2D eigenvalue weighted by atomic mass is 10.0. The maximum atomic E-state index is 13.3. The smallest absolute Gasteiger partial charge is 0.207 e. The number of Topliss-reactive ketones (excluding diaryl/α,β-unsaturated/α-hetero) is 1. The van der Waals surface area contributed by atoms with E-state index in [0.717, 1.165) is 12.8 Å². The van der Waals surface area contributed by atoms with Gasteiger partial charge in [0.25, 0.3) is 0 Å². The number of halogens is 5. The van der Waals surface area contributed by atoms with Crippen molar-refractivity contribution in [1.82, 2.24) is 0 Å². The van der Waals surface area contributed by atoms with Gasteiger partial charge in [-0.05, 0) is 12.8 Å². The van der Waals surface area contributed by atoms with Crippen molar-refractivity contribution in [3.8, 4) is 5.75 Å². The van der Waals surface area contributed by atoms with Crippen molar-refractivity contribution in [2.75, 3.05) is 6.61 Å². The molecule has 0 spiro atoms. The Morgan fingerprint density at radius 1 is 0.900 bits per heavy atom. The molecule has 0 bridgehead atoms. The minimum atomic E-state index is -2.26. The summed E-state index contributed by atoms with van der Waals surface area (Å²) < 4.78 is 69.7. The van der Waals surface area contributed by atoms with Gasteiger partial charge in [-0.2, -0.15) is 8.78 Å². The van der Waals surface area contributed by atoms with E-state index in [1.807, 2.05) is 0 Å². The van der Waals surface area contributed by atoms with E-state index in [1.165, 1.54) is 0 Å².